The summed E-state index contributed by atoms with van der Waals surface area (Å²) in [7, 11) is -3.45. The number of sulfone groups is 1. The highest BCUT2D eigenvalue weighted by Crippen LogP contribution is 2.26. The van der Waals surface area contributed by atoms with Crippen LogP contribution >= 0.6 is 11.3 Å². The Hall–Kier alpha value is -2.06. The lowest BCUT2D eigenvalue weighted by Gasteiger charge is -2.13. The van der Waals surface area contributed by atoms with Gasteiger partial charge in [0, 0.05) is 16.4 Å². The van der Waals surface area contributed by atoms with E-state index in [-0.39, 0.29) is 22.8 Å². The van der Waals surface area contributed by atoms with Crippen molar-refractivity contribution in [2.24, 2.45) is 0 Å². The minimum Gasteiger partial charge on any atom is -0.338 e. The molecule has 0 bridgehead atoms. The number of aromatic nitrogens is 3. The largest absolute Gasteiger partial charge is 0.338 e. The number of nitrogens with zero attached hydrogens (tertiary/aromatic N) is 3. The van der Waals surface area contributed by atoms with E-state index in [0.717, 1.165) is 16.1 Å². The molecule has 26 heavy (non-hydrogen) atoms. The Kier molecular flexibility index (Phi) is 4.98. The summed E-state index contributed by atoms with van der Waals surface area (Å²) in [5, 5.41) is 6.61. The zero-order valence-electron chi connectivity index (χ0n) is 15.2. The maximum absolute atomic E-state index is 12.5. The topological polar surface area (TPSA) is 86.0 Å². The van der Waals surface area contributed by atoms with Crippen molar-refractivity contribution >= 4 is 21.2 Å². The lowest BCUT2D eigenvalue weighted by molar-refractivity contribution is 0.389. The second-order valence-electron chi connectivity index (χ2n) is 7.31. The predicted octanol–water partition coefficient (Wildman–Crippen LogP) is 3.91. The monoisotopic (exact) mass is 391 g/mol. The van der Waals surface area contributed by atoms with Crippen LogP contribution in [-0.2, 0) is 26.8 Å². The third-order valence-corrected chi connectivity index (χ3v) is 6.39. The Balaban J connectivity index is 1.73. The van der Waals surface area contributed by atoms with E-state index in [1.54, 1.807) is 5.38 Å². The van der Waals surface area contributed by atoms with Crippen LogP contribution in [0.4, 0.5) is 0 Å². The van der Waals surface area contributed by atoms with Crippen molar-refractivity contribution in [2.75, 3.05) is 0 Å². The fourth-order valence-electron chi connectivity index (χ4n) is 2.40. The number of hydrogen-bond acceptors (Lipinski definition) is 7. The molecule has 2 heterocycles. The van der Waals surface area contributed by atoms with E-state index >= 15 is 0 Å². The Morgan fingerprint density at radius 3 is 2.58 bits per heavy atom. The summed E-state index contributed by atoms with van der Waals surface area (Å²) in [6.45, 7) is 8.12. The predicted molar refractivity (Wildman–Crippen MR) is 102 cm³/mol. The summed E-state index contributed by atoms with van der Waals surface area (Å²) in [6, 6.07) is 7.65. The zero-order chi connectivity index (χ0) is 18.9. The highest BCUT2D eigenvalue weighted by atomic mass is 32.2. The summed E-state index contributed by atoms with van der Waals surface area (Å²) in [6.07, 6.45) is 0. The third kappa shape index (κ3) is 4.56. The molecule has 0 N–H and O–H groups in total. The van der Waals surface area contributed by atoms with Crippen LogP contribution in [0.2, 0.25) is 0 Å². The highest BCUT2D eigenvalue weighted by molar-refractivity contribution is 7.89. The fraction of sp³-hybridized carbons (Fsp3) is 0.389. The molecule has 0 radical (unpaired) electrons. The van der Waals surface area contributed by atoms with Gasteiger partial charge in [-0.1, -0.05) is 49.7 Å². The van der Waals surface area contributed by atoms with Gasteiger partial charge < -0.3 is 4.52 Å². The van der Waals surface area contributed by atoms with Gasteiger partial charge in [-0.3, -0.25) is 0 Å². The number of hydrogen-bond donors (Lipinski definition) is 0. The molecule has 0 spiro atoms. The Morgan fingerprint density at radius 2 is 1.92 bits per heavy atom. The van der Waals surface area contributed by atoms with E-state index in [9.17, 15) is 8.42 Å². The van der Waals surface area contributed by atoms with Crippen LogP contribution in [0, 0.1) is 6.92 Å². The minimum atomic E-state index is -3.45. The van der Waals surface area contributed by atoms with E-state index in [0.29, 0.717) is 11.5 Å². The fourth-order valence-corrected chi connectivity index (χ4v) is 4.60. The maximum atomic E-state index is 12.5. The van der Waals surface area contributed by atoms with E-state index < -0.39 is 9.84 Å². The van der Waals surface area contributed by atoms with Crippen LogP contribution in [0.15, 0.2) is 34.2 Å². The second kappa shape index (κ2) is 6.92. The Labute approximate surface area is 157 Å². The Bertz CT molecular complexity index is 1010. The van der Waals surface area contributed by atoms with Gasteiger partial charge in [-0.05, 0) is 13.0 Å². The molecular formula is C18H21N3O3S2. The number of aryl methyl sites for hydroxylation is 1. The first kappa shape index (κ1) is 18.7. The van der Waals surface area contributed by atoms with E-state index in [4.69, 9.17) is 4.52 Å². The summed E-state index contributed by atoms with van der Waals surface area (Å²) in [4.78, 5) is 8.66. The van der Waals surface area contributed by atoms with E-state index in [2.05, 4.69) is 35.9 Å². The smallest absolute Gasteiger partial charge is 0.242 e. The quantitative estimate of drug-likeness (QED) is 0.655. The zero-order valence-corrected chi connectivity index (χ0v) is 16.8. The first-order valence-electron chi connectivity index (χ1n) is 8.17. The lowest BCUT2D eigenvalue weighted by Crippen LogP contribution is -2.12. The van der Waals surface area contributed by atoms with Crippen molar-refractivity contribution in [1.82, 2.24) is 15.1 Å². The van der Waals surface area contributed by atoms with Crippen LogP contribution in [0.5, 0.6) is 0 Å². The normalized spacial score (nSPS) is 12.5. The molecule has 3 aromatic rings. The molecule has 0 saturated carbocycles. The van der Waals surface area contributed by atoms with E-state index in [1.165, 1.54) is 11.3 Å². The lowest BCUT2D eigenvalue weighted by atomic mass is 9.98. The van der Waals surface area contributed by atoms with Gasteiger partial charge >= 0.3 is 0 Å². The number of benzene rings is 1. The molecule has 0 fully saturated rings. The summed E-state index contributed by atoms with van der Waals surface area (Å²) >= 11 is 1.48. The molecule has 6 nitrogen and oxygen atoms in total. The average Bonchev–Trinajstić information content (AvgIpc) is 3.15. The van der Waals surface area contributed by atoms with Gasteiger partial charge in [-0.2, -0.15) is 4.98 Å². The van der Waals surface area contributed by atoms with Crippen molar-refractivity contribution in [2.45, 2.75) is 44.6 Å². The molecule has 1 aromatic carbocycles. The molecule has 0 amide bonds. The highest BCUT2D eigenvalue weighted by Gasteiger charge is 2.23. The molecule has 0 aliphatic heterocycles. The van der Waals surface area contributed by atoms with Crippen LogP contribution < -0.4 is 0 Å². The van der Waals surface area contributed by atoms with Gasteiger partial charge in [-0.15, -0.1) is 11.3 Å². The summed E-state index contributed by atoms with van der Waals surface area (Å²) < 4.78 is 30.1. The SMILES string of the molecule is Cc1cccc(-c2noc(CS(=O)(=O)Cc3csc(C(C)(C)C)n3)n2)c1. The first-order chi connectivity index (χ1) is 12.1. The van der Waals surface area contributed by atoms with Crippen molar-refractivity contribution in [1.29, 1.82) is 0 Å². The molecule has 0 aliphatic carbocycles. The Morgan fingerprint density at radius 1 is 1.15 bits per heavy atom. The van der Waals surface area contributed by atoms with Gasteiger partial charge in [0.05, 0.1) is 16.5 Å². The summed E-state index contributed by atoms with van der Waals surface area (Å²) in [5.74, 6) is 0.0472. The van der Waals surface area contributed by atoms with Crippen molar-refractivity contribution in [3.05, 3.63) is 51.8 Å². The molecule has 3 rings (SSSR count). The first-order valence-corrected chi connectivity index (χ1v) is 10.9. The maximum Gasteiger partial charge on any atom is 0.242 e. The molecule has 138 valence electrons. The number of thiazole rings is 1. The van der Waals surface area contributed by atoms with Crippen LogP contribution in [-0.4, -0.2) is 23.5 Å². The molecule has 0 aliphatic rings. The van der Waals surface area contributed by atoms with Crippen LogP contribution in [0.25, 0.3) is 11.4 Å². The van der Waals surface area contributed by atoms with E-state index in [1.807, 2.05) is 31.2 Å². The molecule has 0 saturated heterocycles. The van der Waals surface area contributed by atoms with Crippen LogP contribution in [0.3, 0.4) is 0 Å². The molecular weight excluding hydrogens is 370 g/mol. The van der Waals surface area contributed by atoms with Crippen LogP contribution in [0.1, 0.15) is 42.9 Å². The van der Waals surface area contributed by atoms with Crippen molar-refractivity contribution in [3.8, 4) is 11.4 Å². The van der Waals surface area contributed by atoms with Gasteiger partial charge in [0.2, 0.25) is 11.7 Å². The number of rotatable bonds is 5. The van der Waals surface area contributed by atoms with Gasteiger partial charge in [-0.25, -0.2) is 13.4 Å². The molecule has 0 atom stereocenters. The molecule has 2 aromatic heterocycles. The van der Waals surface area contributed by atoms with Crippen molar-refractivity contribution < 1.29 is 12.9 Å². The molecule has 8 heteroatoms. The standard InChI is InChI=1S/C18H21N3O3S2/c1-12-6-5-7-13(8-12)16-20-15(24-21-16)11-26(22,23)10-14-9-25-17(19-14)18(2,3)4/h5-9H,10-11H2,1-4H3. The second-order valence-corrected chi connectivity index (χ2v) is 10.2. The third-order valence-electron chi connectivity index (χ3n) is 3.65. The summed E-state index contributed by atoms with van der Waals surface area (Å²) in [5.41, 5.74) is 2.33. The van der Waals surface area contributed by atoms with Gasteiger partial charge in [0.25, 0.3) is 0 Å². The molecule has 0 unspecified atom stereocenters. The average molecular weight is 392 g/mol. The van der Waals surface area contributed by atoms with Crippen molar-refractivity contribution in [3.63, 3.8) is 0 Å². The van der Waals surface area contributed by atoms with Gasteiger partial charge in [0.1, 0.15) is 5.75 Å². The minimum absolute atomic E-state index is 0.0905. The van der Waals surface area contributed by atoms with Gasteiger partial charge in [0.15, 0.2) is 9.84 Å².